The molecule has 2 unspecified atom stereocenters. The van der Waals surface area contributed by atoms with Gasteiger partial charge in [-0.25, -0.2) is 0 Å². The second-order valence-corrected chi connectivity index (χ2v) is 7.52. The molecular formula is C22H21F3N4O2. The van der Waals surface area contributed by atoms with Gasteiger partial charge in [-0.05, 0) is 49.3 Å². The third-order valence-corrected chi connectivity index (χ3v) is 5.57. The molecule has 3 heterocycles. The molecule has 0 bridgehead atoms. The number of nitrogens with one attached hydrogen (secondary N) is 1. The van der Waals surface area contributed by atoms with E-state index in [1.165, 1.54) is 4.90 Å². The molecule has 3 aliphatic rings. The summed E-state index contributed by atoms with van der Waals surface area (Å²) in [5, 5.41) is 12.2. The van der Waals surface area contributed by atoms with Crippen molar-refractivity contribution in [3.8, 4) is 5.75 Å². The zero-order chi connectivity index (χ0) is 22.3. The lowest BCUT2D eigenvalue weighted by atomic mass is 9.97. The molecule has 0 radical (unpaired) electrons. The summed E-state index contributed by atoms with van der Waals surface area (Å²) >= 11 is 0. The number of aromatic hydroxyl groups is 1. The summed E-state index contributed by atoms with van der Waals surface area (Å²) in [6.45, 7) is 3.64. The van der Waals surface area contributed by atoms with E-state index in [4.69, 9.17) is 0 Å². The van der Waals surface area contributed by atoms with Gasteiger partial charge in [0, 0.05) is 36.9 Å². The van der Waals surface area contributed by atoms with Gasteiger partial charge in [0.25, 0.3) is 0 Å². The van der Waals surface area contributed by atoms with E-state index in [1.54, 1.807) is 24.7 Å². The van der Waals surface area contributed by atoms with Crippen molar-refractivity contribution in [3.63, 3.8) is 0 Å². The van der Waals surface area contributed by atoms with Crippen LogP contribution in [0.3, 0.4) is 0 Å². The highest BCUT2D eigenvalue weighted by Gasteiger charge is 2.42. The van der Waals surface area contributed by atoms with Crippen LogP contribution in [0.2, 0.25) is 0 Å². The van der Waals surface area contributed by atoms with Gasteiger partial charge in [-0.1, -0.05) is 6.08 Å². The van der Waals surface area contributed by atoms with Crippen molar-refractivity contribution in [2.45, 2.75) is 26.2 Å². The number of aliphatic imine (C=N–C) groups is 1. The molecule has 1 aromatic rings. The normalized spacial score (nSPS) is 22.9. The van der Waals surface area contributed by atoms with Gasteiger partial charge in [0.05, 0.1) is 17.3 Å². The van der Waals surface area contributed by atoms with Crippen molar-refractivity contribution in [3.05, 3.63) is 71.3 Å². The van der Waals surface area contributed by atoms with Crippen LogP contribution in [-0.4, -0.2) is 45.9 Å². The smallest absolute Gasteiger partial charge is 0.424 e. The minimum atomic E-state index is -4.49. The molecule has 0 aliphatic carbocycles. The average molecular weight is 430 g/mol. The van der Waals surface area contributed by atoms with Crippen LogP contribution in [0.25, 0.3) is 5.70 Å². The van der Waals surface area contributed by atoms with Crippen LogP contribution in [-0.2, 0) is 4.79 Å². The molecule has 0 fully saturated rings. The number of hydrogen-bond donors (Lipinski definition) is 2. The number of amides is 1. The highest BCUT2D eigenvalue weighted by Crippen LogP contribution is 2.35. The van der Waals surface area contributed by atoms with Crippen molar-refractivity contribution in [2.75, 3.05) is 6.54 Å². The number of nitrogens with zero attached hydrogens (tertiary/aromatic N) is 3. The Bertz CT molecular complexity index is 1070. The summed E-state index contributed by atoms with van der Waals surface area (Å²) in [7, 11) is 0. The van der Waals surface area contributed by atoms with Gasteiger partial charge >= 0.3 is 6.18 Å². The van der Waals surface area contributed by atoms with Gasteiger partial charge in [-0.2, -0.15) is 13.2 Å². The van der Waals surface area contributed by atoms with E-state index in [1.807, 2.05) is 43.0 Å². The maximum Gasteiger partial charge on any atom is 0.424 e. The molecule has 9 heteroatoms. The fraction of sp³-hybridized carbons (Fsp3) is 0.273. The number of phenols is 1. The Hall–Kier alpha value is -3.33. The van der Waals surface area contributed by atoms with Crippen LogP contribution in [0.4, 0.5) is 13.2 Å². The Morgan fingerprint density at radius 2 is 2.00 bits per heavy atom. The summed E-state index contributed by atoms with van der Waals surface area (Å²) in [5.74, 6) is -0.942. The van der Waals surface area contributed by atoms with Crippen molar-refractivity contribution in [1.29, 1.82) is 0 Å². The van der Waals surface area contributed by atoms with Crippen molar-refractivity contribution < 1.29 is 23.1 Å². The third-order valence-electron chi connectivity index (χ3n) is 5.57. The van der Waals surface area contributed by atoms with E-state index in [0.717, 1.165) is 34.3 Å². The number of carbonyl (C=O) groups excluding carboxylic acids is 1. The summed E-state index contributed by atoms with van der Waals surface area (Å²) in [6, 6.07) is 3.49. The number of halogens is 3. The van der Waals surface area contributed by atoms with E-state index >= 15 is 0 Å². The number of benzene rings is 1. The lowest BCUT2D eigenvalue weighted by Crippen LogP contribution is -2.49. The quantitative estimate of drug-likeness (QED) is 0.753. The molecule has 0 saturated carbocycles. The number of phenolic OH excluding ortho intramolecular Hbond substituents is 1. The lowest BCUT2D eigenvalue weighted by Gasteiger charge is -2.34. The number of alkyl halides is 3. The van der Waals surface area contributed by atoms with E-state index < -0.39 is 18.3 Å². The van der Waals surface area contributed by atoms with Crippen LogP contribution in [0.15, 0.2) is 59.7 Å². The molecule has 0 saturated heterocycles. The second-order valence-electron chi connectivity index (χ2n) is 7.52. The highest BCUT2D eigenvalue weighted by molar-refractivity contribution is 5.95. The minimum absolute atomic E-state index is 0.142. The number of carbonyl (C=O) groups is 1. The molecular weight excluding hydrogens is 409 g/mol. The Balaban J connectivity index is 1.54. The predicted octanol–water partition coefficient (Wildman–Crippen LogP) is 3.56. The first-order valence-electron chi connectivity index (χ1n) is 9.69. The average Bonchev–Trinajstić information content (AvgIpc) is 2.76. The zero-order valence-corrected chi connectivity index (χ0v) is 16.9. The maximum absolute atomic E-state index is 12.8. The van der Waals surface area contributed by atoms with Crippen LogP contribution < -0.4 is 5.32 Å². The number of allylic oxidation sites excluding steroid dienone is 3. The molecule has 6 nitrogen and oxygen atoms in total. The topological polar surface area (TPSA) is 68.2 Å². The SMILES string of the molecule is Cc1c(O)ccc(C2=CC=CC3=CN(C(=O)C4C=NC(C(F)(F)F)NC4)C=CN32)c1C. The molecule has 2 atom stereocenters. The van der Waals surface area contributed by atoms with Crippen molar-refractivity contribution in [2.24, 2.45) is 10.9 Å². The Labute approximate surface area is 177 Å². The molecule has 31 heavy (non-hydrogen) atoms. The van der Waals surface area contributed by atoms with Gasteiger partial charge in [0.15, 0.2) is 6.17 Å². The van der Waals surface area contributed by atoms with Gasteiger partial charge in [-0.15, -0.1) is 0 Å². The van der Waals surface area contributed by atoms with Crippen LogP contribution in [0, 0.1) is 19.8 Å². The standard InChI is InChI=1S/C22H21F3N4O2/c1-13-14(2)19(30)7-6-17(13)18-5-3-4-16-12-28(8-9-29(16)18)20(31)15-10-26-21(27-11-15)22(23,24)25/h3-10,12,15,21,27,30H,11H2,1-2H3. The molecule has 1 aromatic carbocycles. The fourth-order valence-electron chi connectivity index (χ4n) is 3.65. The highest BCUT2D eigenvalue weighted by atomic mass is 19.4. The number of rotatable bonds is 2. The van der Waals surface area contributed by atoms with Crippen molar-refractivity contribution >= 4 is 17.8 Å². The molecule has 1 amide bonds. The minimum Gasteiger partial charge on any atom is -0.508 e. The van der Waals surface area contributed by atoms with Gasteiger partial charge in [0.2, 0.25) is 5.91 Å². The van der Waals surface area contributed by atoms with Crippen LogP contribution in [0.1, 0.15) is 16.7 Å². The summed E-state index contributed by atoms with van der Waals surface area (Å²) in [4.78, 5) is 19.5. The molecule has 4 rings (SSSR count). The molecule has 3 aliphatic heterocycles. The Kier molecular flexibility index (Phi) is 5.22. The first-order chi connectivity index (χ1) is 14.7. The van der Waals surface area contributed by atoms with Crippen LogP contribution >= 0.6 is 0 Å². The second kappa shape index (κ2) is 7.73. The van der Waals surface area contributed by atoms with Crippen molar-refractivity contribution in [1.82, 2.24) is 15.1 Å². The summed E-state index contributed by atoms with van der Waals surface area (Å²) in [6.07, 6.45) is 5.18. The maximum atomic E-state index is 12.8. The Morgan fingerprint density at radius 3 is 2.68 bits per heavy atom. The monoisotopic (exact) mass is 430 g/mol. The van der Waals surface area contributed by atoms with Gasteiger partial charge in [-0.3, -0.25) is 20.0 Å². The van der Waals surface area contributed by atoms with E-state index in [-0.39, 0.29) is 18.2 Å². The first-order valence-corrected chi connectivity index (χ1v) is 9.69. The van der Waals surface area contributed by atoms with Crippen LogP contribution in [0.5, 0.6) is 5.75 Å². The van der Waals surface area contributed by atoms with E-state index in [9.17, 15) is 23.1 Å². The summed E-state index contributed by atoms with van der Waals surface area (Å²) < 4.78 is 38.2. The molecule has 162 valence electrons. The number of hydrogen-bond acceptors (Lipinski definition) is 5. The predicted molar refractivity (Wildman–Crippen MR) is 110 cm³/mol. The molecule has 2 N–H and O–H groups in total. The molecule has 0 aromatic heterocycles. The van der Waals surface area contributed by atoms with Gasteiger partial charge < -0.3 is 10.0 Å². The summed E-state index contributed by atoms with van der Waals surface area (Å²) in [5.41, 5.74) is 4.28. The third kappa shape index (κ3) is 3.88. The van der Waals surface area contributed by atoms with Gasteiger partial charge in [0.1, 0.15) is 5.75 Å². The number of fused-ring (bicyclic) bond motifs is 1. The largest absolute Gasteiger partial charge is 0.508 e. The van der Waals surface area contributed by atoms with E-state index in [2.05, 4.69) is 10.3 Å². The first kappa shape index (κ1) is 20.9. The Morgan fingerprint density at radius 1 is 1.23 bits per heavy atom. The van der Waals surface area contributed by atoms with E-state index in [0.29, 0.717) is 0 Å². The molecule has 0 spiro atoms. The fourth-order valence-corrected chi connectivity index (χ4v) is 3.65. The lowest BCUT2D eigenvalue weighted by molar-refractivity contribution is -0.155. The zero-order valence-electron chi connectivity index (χ0n) is 16.9.